The number of amides is 1. The summed E-state index contributed by atoms with van der Waals surface area (Å²) in [7, 11) is 2.95. The maximum absolute atomic E-state index is 12.0. The molecule has 0 atom stereocenters. The number of benzene rings is 1. The molecule has 30 heavy (non-hydrogen) atoms. The predicted octanol–water partition coefficient (Wildman–Crippen LogP) is 1.49. The summed E-state index contributed by atoms with van der Waals surface area (Å²) in [5.41, 5.74) is 5.43. The summed E-state index contributed by atoms with van der Waals surface area (Å²) in [5, 5.41) is 16.1. The molecular weight excluding hydrogens is 388 g/mol. The van der Waals surface area contributed by atoms with Gasteiger partial charge in [0.2, 0.25) is 5.95 Å². The zero-order valence-corrected chi connectivity index (χ0v) is 16.8. The number of hydrogen-bond acceptors (Lipinski definition) is 8. The van der Waals surface area contributed by atoms with Crippen LogP contribution in [-0.2, 0) is 24.2 Å². The van der Waals surface area contributed by atoms with Gasteiger partial charge in [-0.15, -0.1) is 0 Å². The molecule has 2 aromatic heterocycles. The molecule has 0 aliphatic carbocycles. The number of rotatable bonds is 10. The number of aryl methyl sites for hydroxylation is 2. The molecule has 0 spiro atoms. The van der Waals surface area contributed by atoms with Crippen LogP contribution in [0.2, 0.25) is 0 Å². The first-order valence-electron chi connectivity index (χ1n) is 9.34. The van der Waals surface area contributed by atoms with Gasteiger partial charge in [0.05, 0.1) is 39.3 Å². The van der Waals surface area contributed by atoms with Crippen molar-refractivity contribution in [3.63, 3.8) is 0 Å². The smallest absolute Gasteiger partial charge is 0.274 e. The molecule has 1 amide bonds. The second-order valence-corrected chi connectivity index (χ2v) is 6.46. The van der Waals surface area contributed by atoms with Gasteiger partial charge in [-0.2, -0.15) is 5.10 Å². The summed E-state index contributed by atoms with van der Waals surface area (Å²) >= 11 is 0. The van der Waals surface area contributed by atoms with E-state index in [2.05, 4.69) is 30.7 Å². The molecule has 0 radical (unpaired) electrons. The third-order valence-corrected chi connectivity index (χ3v) is 4.29. The van der Waals surface area contributed by atoms with Crippen LogP contribution in [-0.4, -0.2) is 51.6 Å². The highest BCUT2D eigenvalue weighted by molar-refractivity contribution is 5.94. The zero-order valence-electron chi connectivity index (χ0n) is 16.8. The summed E-state index contributed by atoms with van der Waals surface area (Å²) in [6.45, 7) is 0.457. The molecule has 0 saturated carbocycles. The highest BCUT2D eigenvalue weighted by Crippen LogP contribution is 2.19. The van der Waals surface area contributed by atoms with Crippen LogP contribution in [0, 0.1) is 0 Å². The number of ether oxygens (including phenoxy) is 1. The summed E-state index contributed by atoms with van der Waals surface area (Å²) in [4.78, 5) is 25.4. The van der Waals surface area contributed by atoms with Gasteiger partial charge in [-0.25, -0.2) is 15.4 Å². The molecule has 158 valence electrons. The van der Waals surface area contributed by atoms with E-state index in [1.54, 1.807) is 48.7 Å². The lowest BCUT2D eigenvalue weighted by atomic mass is 10.0. The van der Waals surface area contributed by atoms with E-state index in [0.717, 1.165) is 16.8 Å². The van der Waals surface area contributed by atoms with Gasteiger partial charge in [0.15, 0.2) is 0 Å². The van der Waals surface area contributed by atoms with Crippen LogP contribution in [0.15, 0.2) is 43.0 Å². The van der Waals surface area contributed by atoms with E-state index < -0.39 is 0 Å². The van der Waals surface area contributed by atoms with Gasteiger partial charge >= 0.3 is 0 Å². The maximum atomic E-state index is 12.0. The monoisotopic (exact) mass is 412 g/mol. The molecule has 0 unspecified atom stereocenters. The van der Waals surface area contributed by atoms with Crippen molar-refractivity contribution >= 4 is 17.5 Å². The topological polar surface area (TPSA) is 123 Å². The van der Waals surface area contributed by atoms with E-state index in [4.69, 9.17) is 9.84 Å². The minimum Gasteiger partial charge on any atom is -0.497 e. The number of methoxy groups -OCH3 is 1. The quantitative estimate of drug-likeness (QED) is 0.428. The number of nitrogens with zero attached hydrogens (tertiary/aromatic N) is 4. The van der Waals surface area contributed by atoms with Crippen LogP contribution in [0.5, 0.6) is 5.75 Å². The average molecular weight is 412 g/mol. The number of hydrogen-bond donors (Lipinski definition) is 3. The van der Waals surface area contributed by atoms with E-state index in [-0.39, 0.29) is 12.5 Å². The molecule has 10 nitrogen and oxygen atoms in total. The number of hydroxylamine groups is 1. The largest absolute Gasteiger partial charge is 0.497 e. The molecule has 3 N–H and O–H groups in total. The van der Waals surface area contributed by atoms with Crippen LogP contribution in [0.3, 0.4) is 0 Å². The normalized spacial score (nSPS) is 10.6. The van der Waals surface area contributed by atoms with Crippen molar-refractivity contribution in [3.8, 4) is 5.75 Å². The number of nitrogens with one attached hydrogen (secondary N) is 2. The number of carbonyl (C=O) groups excluding carboxylic acids is 1. The Morgan fingerprint density at radius 2 is 1.87 bits per heavy atom. The minimum atomic E-state index is -0.335. The van der Waals surface area contributed by atoms with Crippen molar-refractivity contribution in [1.82, 2.24) is 25.2 Å². The van der Waals surface area contributed by atoms with Crippen molar-refractivity contribution in [2.75, 3.05) is 26.1 Å². The number of aliphatic hydroxyl groups is 1. The van der Waals surface area contributed by atoms with E-state index in [1.165, 1.54) is 7.11 Å². The lowest BCUT2D eigenvalue weighted by molar-refractivity contribution is 0.0537. The molecule has 10 heteroatoms. The van der Waals surface area contributed by atoms with Crippen molar-refractivity contribution in [2.45, 2.75) is 19.4 Å². The van der Waals surface area contributed by atoms with Gasteiger partial charge in [-0.1, -0.05) is 0 Å². The number of carbonyl (C=O) groups is 1. The van der Waals surface area contributed by atoms with Gasteiger partial charge in [-0.05, 0) is 42.2 Å². The van der Waals surface area contributed by atoms with Gasteiger partial charge in [0.25, 0.3) is 5.91 Å². The van der Waals surface area contributed by atoms with Crippen LogP contribution < -0.4 is 15.5 Å². The number of aliphatic hydroxyl groups excluding tert-OH is 1. The van der Waals surface area contributed by atoms with Crippen molar-refractivity contribution in [2.24, 2.45) is 0 Å². The van der Waals surface area contributed by atoms with E-state index >= 15 is 0 Å². The lowest BCUT2D eigenvalue weighted by Crippen LogP contribution is -2.22. The fourth-order valence-corrected chi connectivity index (χ4v) is 2.82. The summed E-state index contributed by atoms with van der Waals surface area (Å²) < 4.78 is 6.92. The Hall–Kier alpha value is -3.50. The van der Waals surface area contributed by atoms with Gasteiger partial charge in [-0.3, -0.25) is 14.3 Å². The number of anilines is 2. The maximum Gasteiger partial charge on any atom is 0.274 e. The molecule has 0 saturated heterocycles. The Morgan fingerprint density at radius 3 is 2.57 bits per heavy atom. The first-order chi connectivity index (χ1) is 14.6. The standard InChI is InChI=1S/C20H24N6O4/c1-29-18-8-14(7-16(9-18)19(28)25-30-2)3-4-15-10-21-20(22-11-15)24-17-12-23-26(13-17)5-6-27/h7-13,27H,3-6H2,1-2H3,(H,25,28)(H,21,22,24). The molecule has 0 aliphatic heterocycles. The third kappa shape index (κ3) is 5.75. The molecule has 2 heterocycles. The predicted molar refractivity (Wildman–Crippen MR) is 110 cm³/mol. The Balaban J connectivity index is 1.61. The van der Waals surface area contributed by atoms with Crippen molar-refractivity contribution in [1.29, 1.82) is 0 Å². The highest BCUT2D eigenvalue weighted by Gasteiger charge is 2.10. The summed E-state index contributed by atoms with van der Waals surface area (Å²) in [6, 6.07) is 5.35. The Bertz CT molecular complexity index is 974. The van der Waals surface area contributed by atoms with Crippen molar-refractivity contribution in [3.05, 3.63) is 59.7 Å². The van der Waals surface area contributed by atoms with E-state index in [1.807, 2.05) is 6.07 Å². The Labute approximate surface area is 173 Å². The molecule has 0 aliphatic rings. The molecular formula is C20H24N6O4. The van der Waals surface area contributed by atoms with Crippen LogP contribution in [0.4, 0.5) is 11.6 Å². The molecule has 0 bridgehead atoms. The second kappa shape index (κ2) is 10.3. The average Bonchev–Trinajstić information content (AvgIpc) is 3.20. The second-order valence-electron chi connectivity index (χ2n) is 6.46. The first kappa shape index (κ1) is 21.2. The zero-order chi connectivity index (χ0) is 21.3. The Morgan fingerprint density at radius 1 is 1.10 bits per heavy atom. The van der Waals surface area contributed by atoms with Gasteiger partial charge in [0.1, 0.15) is 5.75 Å². The van der Waals surface area contributed by atoms with Crippen LogP contribution in [0.1, 0.15) is 21.5 Å². The van der Waals surface area contributed by atoms with E-state index in [0.29, 0.717) is 36.6 Å². The third-order valence-electron chi connectivity index (χ3n) is 4.29. The number of aromatic nitrogens is 4. The van der Waals surface area contributed by atoms with Gasteiger partial charge in [0, 0.05) is 24.2 Å². The summed E-state index contributed by atoms with van der Waals surface area (Å²) in [6.07, 6.45) is 8.32. The van der Waals surface area contributed by atoms with Gasteiger partial charge < -0.3 is 15.2 Å². The van der Waals surface area contributed by atoms with Crippen LogP contribution >= 0.6 is 0 Å². The summed E-state index contributed by atoms with van der Waals surface area (Å²) in [5.74, 6) is 0.729. The minimum absolute atomic E-state index is 0.0259. The molecule has 0 fully saturated rings. The molecule has 1 aromatic carbocycles. The molecule has 3 aromatic rings. The highest BCUT2D eigenvalue weighted by atomic mass is 16.6. The fourth-order valence-electron chi connectivity index (χ4n) is 2.82. The SMILES string of the molecule is CONC(=O)c1cc(CCc2cnc(Nc3cnn(CCO)c3)nc2)cc(OC)c1. The first-order valence-corrected chi connectivity index (χ1v) is 9.34. The lowest BCUT2D eigenvalue weighted by Gasteiger charge is -2.09. The van der Waals surface area contributed by atoms with Crippen LogP contribution in [0.25, 0.3) is 0 Å². The van der Waals surface area contributed by atoms with E-state index in [9.17, 15) is 4.79 Å². The van der Waals surface area contributed by atoms with Crippen molar-refractivity contribution < 1.29 is 19.5 Å². The fraction of sp³-hybridized carbons (Fsp3) is 0.300. The Kier molecular flexibility index (Phi) is 7.30. The molecule has 3 rings (SSSR count).